The molecule has 74 valence electrons. The standard InChI is InChI=1S/C11H13NO2/c1-3-6-12(2)9-4-5-10-11(7-9)14-8-13-10/h3-7H,8H2,1-2H3. The maximum absolute atomic E-state index is 5.29. The number of anilines is 1. The van der Waals surface area contributed by atoms with Gasteiger partial charge in [-0.05, 0) is 25.3 Å². The second-order valence-corrected chi connectivity index (χ2v) is 3.13. The average molecular weight is 191 g/mol. The van der Waals surface area contributed by atoms with Crippen LogP contribution in [0.1, 0.15) is 6.92 Å². The van der Waals surface area contributed by atoms with Crippen LogP contribution in [0.25, 0.3) is 0 Å². The Hall–Kier alpha value is -1.64. The number of benzene rings is 1. The summed E-state index contributed by atoms with van der Waals surface area (Å²) >= 11 is 0. The molecule has 0 aliphatic carbocycles. The molecule has 3 heteroatoms. The molecule has 2 rings (SSSR count). The zero-order chi connectivity index (χ0) is 9.97. The third-order valence-electron chi connectivity index (χ3n) is 2.14. The Labute approximate surface area is 83.5 Å². The van der Waals surface area contributed by atoms with E-state index in [4.69, 9.17) is 9.47 Å². The van der Waals surface area contributed by atoms with Crippen molar-refractivity contribution in [3.63, 3.8) is 0 Å². The molecule has 0 spiro atoms. The zero-order valence-corrected chi connectivity index (χ0v) is 8.36. The molecule has 0 aromatic heterocycles. The number of fused-ring (bicyclic) bond motifs is 1. The van der Waals surface area contributed by atoms with Crippen LogP contribution < -0.4 is 14.4 Å². The van der Waals surface area contributed by atoms with Crippen molar-refractivity contribution in [2.45, 2.75) is 6.92 Å². The predicted octanol–water partition coefficient (Wildman–Crippen LogP) is 2.39. The number of nitrogens with zero attached hydrogens (tertiary/aromatic N) is 1. The first-order valence-corrected chi connectivity index (χ1v) is 4.56. The van der Waals surface area contributed by atoms with Gasteiger partial charge in [-0.1, -0.05) is 6.08 Å². The SMILES string of the molecule is CC=CN(C)c1ccc2c(c1)OCO2. The molecule has 0 radical (unpaired) electrons. The third-order valence-corrected chi connectivity index (χ3v) is 2.14. The maximum atomic E-state index is 5.29. The van der Waals surface area contributed by atoms with Crippen LogP contribution in [0.2, 0.25) is 0 Å². The van der Waals surface area contributed by atoms with Crippen LogP contribution in [0.15, 0.2) is 30.5 Å². The van der Waals surface area contributed by atoms with Crippen LogP contribution in [-0.2, 0) is 0 Å². The molecule has 0 bridgehead atoms. The second kappa shape index (κ2) is 3.62. The Bertz CT molecular complexity index is 360. The normalized spacial score (nSPS) is 13.6. The first kappa shape index (κ1) is 8.94. The van der Waals surface area contributed by atoms with Crippen molar-refractivity contribution in [2.75, 3.05) is 18.7 Å². The maximum Gasteiger partial charge on any atom is 0.231 e. The monoisotopic (exact) mass is 191 g/mol. The molecule has 0 unspecified atom stereocenters. The van der Waals surface area contributed by atoms with Gasteiger partial charge in [0.15, 0.2) is 11.5 Å². The predicted molar refractivity (Wildman–Crippen MR) is 55.8 cm³/mol. The van der Waals surface area contributed by atoms with Gasteiger partial charge in [0, 0.05) is 18.8 Å². The molecule has 0 atom stereocenters. The van der Waals surface area contributed by atoms with Crippen molar-refractivity contribution in [1.29, 1.82) is 0 Å². The fraction of sp³-hybridized carbons (Fsp3) is 0.273. The summed E-state index contributed by atoms with van der Waals surface area (Å²) in [7, 11) is 2.00. The Morgan fingerprint density at radius 2 is 2.07 bits per heavy atom. The summed E-state index contributed by atoms with van der Waals surface area (Å²) in [6, 6.07) is 5.91. The van der Waals surface area contributed by atoms with E-state index in [1.54, 1.807) is 0 Å². The molecule has 1 aliphatic heterocycles. The lowest BCUT2D eigenvalue weighted by Gasteiger charge is -2.13. The van der Waals surface area contributed by atoms with Crippen molar-refractivity contribution in [2.24, 2.45) is 0 Å². The highest BCUT2D eigenvalue weighted by atomic mass is 16.7. The van der Waals surface area contributed by atoms with E-state index in [-0.39, 0.29) is 0 Å². The summed E-state index contributed by atoms with van der Waals surface area (Å²) < 4.78 is 10.5. The molecule has 1 aromatic rings. The fourth-order valence-corrected chi connectivity index (χ4v) is 1.41. The molecule has 0 amide bonds. The Morgan fingerprint density at radius 3 is 2.86 bits per heavy atom. The Kier molecular flexibility index (Phi) is 2.31. The smallest absolute Gasteiger partial charge is 0.231 e. The number of rotatable bonds is 2. The highest BCUT2D eigenvalue weighted by Gasteiger charge is 2.13. The largest absolute Gasteiger partial charge is 0.454 e. The lowest BCUT2D eigenvalue weighted by molar-refractivity contribution is 0.174. The number of hydrogen-bond donors (Lipinski definition) is 0. The van der Waals surface area contributed by atoms with Crippen molar-refractivity contribution in [3.8, 4) is 11.5 Å². The molecule has 1 aromatic carbocycles. The summed E-state index contributed by atoms with van der Waals surface area (Å²) in [4.78, 5) is 2.03. The van der Waals surface area contributed by atoms with Gasteiger partial charge < -0.3 is 14.4 Å². The molecule has 3 nitrogen and oxygen atoms in total. The quantitative estimate of drug-likeness (QED) is 0.716. The summed E-state index contributed by atoms with van der Waals surface area (Å²) in [5.41, 5.74) is 1.09. The summed E-state index contributed by atoms with van der Waals surface area (Å²) in [5.74, 6) is 1.64. The summed E-state index contributed by atoms with van der Waals surface area (Å²) in [5, 5.41) is 0. The minimum Gasteiger partial charge on any atom is -0.454 e. The van der Waals surface area contributed by atoms with Gasteiger partial charge in [0.1, 0.15) is 0 Å². The van der Waals surface area contributed by atoms with E-state index in [1.807, 2.05) is 49.3 Å². The van der Waals surface area contributed by atoms with Crippen LogP contribution in [0.5, 0.6) is 11.5 Å². The first-order chi connectivity index (χ1) is 6.81. The molecule has 1 heterocycles. The van der Waals surface area contributed by atoms with Gasteiger partial charge in [0.25, 0.3) is 0 Å². The molecular weight excluding hydrogens is 178 g/mol. The van der Waals surface area contributed by atoms with Crippen LogP contribution >= 0.6 is 0 Å². The zero-order valence-electron chi connectivity index (χ0n) is 8.36. The molecule has 0 saturated carbocycles. The van der Waals surface area contributed by atoms with Crippen LogP contribution in [0, 0.1) is 0 Å². The van der Waals surface area contributed by atoms with Gasteiger partial charge in [-0.2, -0.15) is 0 Å². The molecule has 14 heavy (non-hydrogen) atoms. The summed E-state index contributed by atoms with van der Waals surface area (Å²) in [6.07, 6.45) is 3.99. The minimum absolute atomic E-state index is 0.326. The van der Waals surface area contributed by atoms with Crippen molar-refractivity contribution >= 4 is 5.69 Å². The molecule has 0 N–H and O–H groups in total. The molecule has 1 aliphatic rings. The Morgan fingerprint density at radius 1 is 1.29 bits per heavy atom. The van der Waals surface area contributed by atoms with Crippen molar-refractivity contribution in [3.05, 3.63) is 30.5 Å². The topological polar surface area (TPSA) is 21.7 Å². The van der Waals surface area contributed by atoms with E-state index in [0.717, 1.165) is 17.2 Å². The van der Waals surface area contributed by atoms with E-state index in [2.05, 4.69) is 0 Å². The highest BCUT2D eigenvalue weighted by Crippen LogP contribution is 2.35. The van der Waals surface area contributed by atoms with Gasteiger partial charge in [-0.25, -0.2) is 0 Å². The first-order valence-electron chi connectivity index (χ1n) is 4.56. The highest BCUT2D eigenvalue weighted by molar-refractivity contribution is 5.58. The molecule has 0 saturated heterocycles. The lowest BCUT2D eigenvalue weighted by Crippen LogP contribution is -2.06. The summed E-state index contributed by atoms with van der Waals surface area (Å²) in [6.45, 7) is 2.32. The van der Waals surface area contributed by atoms with Crippen LogP contribution in [0.3, 0.4) is 0 Å². The Balaban J connectivity index is 2.28. The second-order valence-electron chi connectivity index (χ2n) is 3.13. The van der Waals surface area contributed by atoms with Gasteiger partial charge in [0.2, 0.25) is 6.79 Å². The number of allylic oxidation sites excluding steroid dienone is 1. The van der Waals surface area contributed by atoms with E-state index in [9.17, 15) is 0 Å². The van der Waals surface area contributed by atoms with E-state index in [0.29, 0.717) is 6.79 Å². The van der Waals surface area contributed by atoms with E-state index in [1.165, 1.54) is 0 Å². The fourth-order valence-electron chi connectivity index (χ4n) is 1.41. The average Bonchev–Trinajstić information content (AvgIpc) is 2.64. The van der Waals surface area contributed by atoms with Crippen molar-refractivity contribution < 1.29 is 9.47 Å². The van der Waals surface area contributed by atoms with Crippen LogP contribution in [0.4, 0.5) is 5.69 Å². The minimum atomic E-state index is 0.326. The number of ether oxygens (including phenoxy) is 2. The molecule has 0 fully saturated rings. The van der Waals surface area contributed by atoms with E-state index >= 15 is 0 Å². The van der Waals surface area contributed by atoms with Gasteiger partial charge >= 0.3 is 0 Å². The molecular formula is C11H13NO2. The number of hydrogen-bond acceptors (Lipinski definition) is 3. The lowest BCUT2D eigenvalue weighted by atomic mass is 10.2. The van der Waals surface area contributed by atoms with Gasteiger partial charge in [-0.3, -0.25) is 0 Å². The van der Waals surface area contributed by atoms with Crippen molar-refractivity contribution in [1.82, 2.24) is 0 Å². The van der Waals surface area contributed by atoms with Gasteiger partial charge in [-0.15, -0.1) is 0 Å². The van der Waals surface area contributed by atoms with Crippen LogP contribution in [-0.4, -0.2) is 13.8 Å². The third kappa shape index (κ3) is 1.53. The van der Waals surface area contributed by atoms with E-state index < -0.39 is 0 Å². The van der Waals surface area contributed by atoms with Gasteiger partial charge in [0.05, 0.1) is 0 Å².